The molecule has 1 aromatic carbocycles. The molecule has 1 aliphatic heterocycles. The second kappa shape index (κ2) is 4.73. The summed E-state index contributed by atoms with van der Waals surface area (Å²) >= 11 is 9.42. The largest absolute Gasteiger partial charge is 0.325 e. The van der Waals surface area contributed by atoms with Crippen LogP contribution in [0.25, 0.3) is 0 Å². The summed E-state index contributed by atoms with van der Waals surface area (Å²) in [5.41, 5.74) is 1.71. The lowest BCUT2D eigenvalue weighted by Gasteiger charge is -2.26. The quantitative estimate of drug-likeness (QED) is 0.881. The Bertz CT molecular complexity index is 432. The molecule has 0 atom stereocenters. The second-order valence-corrected chi connectivity index (χ2v) is 5.19. The molecule has 0 saturated carbocycles. The smallest absolute Gasteiger partial charge is 0.230 e. The van der Waals surface area contributed by atoms with Crippen molar-refractivity contribution in [1.29, 1.82) is 0 Å². The van der Waals surface area contributed by atoms with Gasteiger partial charge in [-0.05, 0) is 40.5 Å². The monoisotopic (exact) mass is 302 g/mol. The summed E-state index contributed by atoms with van der Waals surface area (Å²) < 4.78 is 0.857. The van der Waals surface area contributed by atoms with E-state index in [1.54, 1.807) is 6.07 Å². The Hall–Kier alpha value is -0.580. The van der Waals surface area contributed by atoms with Gasteiger partial charge in [0.25, 0.3) is 0 Å². The molecule has 2 rings (SSSR count). The molecule has 0 unspecified atom stereocenters. The molecular weight excluding hydrogens is 291 g/mol. The number of carbonyl (C=O) groups is 1. The summed E-state index contributed by atoms with van der Waals surface area (Å²) in [7, 11) is 0. The van der Waals surface area contributed by atoms with Crippen molar-refractivity contribution in [2.24, 2.45) is 5.92 Å². The number of benzene rings is 1. The van der Waals surface area contributed by atoms with Crippen LogP contribution in [0, 0.1) is 12.8 Å². The molecular formula is C11H12BrClN2O. The molecule has 16 heavy (non-hydrogen) atoms. The Kier molecular flexibility index (Phi) is 3.52. The van der Waals surface area contributed by atoms with Gasteiger partial charge in [-0.3, -0.25) is 4.79 Å². The lowest BCUT2D eigenvalue weighted by Crippen LogP contribution is -2.48. The molecule has 1 heterocycles. The molecule has 1 amide bonds. The third-order valence-electron chi connectivity index (χ3n) is 2.66. The molecule has 1 fully saturated rings. The minimum atomic E-state index is 0.0411. The normalized spacial score (nSPS) is 15.7. The van der Waals surface area contributed by atoms with Crippen molar-refractivity contribution < 1.29 is 4.79 Å². The van der Waals surface area contributed by atoms with E-state index in [1.165, 1.54) is 0 Å². The predicted molar refractivity (Wildman–Crippen MR) is 68.9 cm³/mol. The van der Waals surface area contributed by atoms with Crippen molar-refractivity contribution in [3.05, 3.63) is 27.2 Å². The van der Waals surface area contributed by atoms with E-state index in [1.807, 2.05) is 13.0 Å². The molecule has 2 N–H and O–H groups in total. The molecule has 0 bridgehead atoms. The number of halogens is 2. The number of hydrogen-bond acceptors (Lipinski definition) is 2. The molecule has 0 radical (unpaired) electrons. The van der Waals surface area contributed by atoms with E-state index in [0.29, 0.717) is 5.02 Å². The van der Waals surface area contributed by atoms with E-state index in [4.69, 9.17) is 11.6 Å². The number of rotatable bonds is 2. The first-order valence-corrected chi connectivity index (χ1v) is 6.22. The highest BCUT2D eigenvalue weighted by Gasteiger charge is 2.25. The lowest BCUT2D eigenvalue weighted by molar-refractivity contribution is -0.121. The highest BCUT2D eigenvalue weighted by atomic mass is 79.9. The number of hydrogen-bond donors (Lipinski definition) is 2. The van der Waals surface area contributed by atoms with Gasteiger partial charge in [-0.15, -0.1) is 0 Å². The zero-order valence-electron chi connectivity index (χ0n) is 8.81. The van der Waals surface area contributed by atoms with Crippen LogP contribution >= 0.6 is 27.5 Å². The van der Waals surface area contributed by atoms with Crippen molar-refractivity contribution in [3.63, 3.8) is 0 Å². The van der Waals surface area contributed by atoms with Crippen molar-refractivity contribution in [2.75, 3.05) is 18.4 Å². The fourth-order valence-corrected chi connectivity index (χ4v) is 2.17. The van der Waals surface area contributed by atoms with E-state index in [0.717, 1.165) is 28.8 Å². The van der Waals surface area contributed by atoms with Gasteiger partial charge in [0.05, 0.1) is 11.6 Å². The topological polar surface area (TPSA) is 41.1 Å². The van der Waals surface area contributed by atoms with Crippen LogP contribution in [0.5, 0.6) is 0 Å². The van der Waals surface area contributed by atoms with Gasteiger partial charge in [-0.2, -0.15) is 0 Å². The van der Waals surface area contributed by atoms with E-state index in [2.05, 4.69) is 26.6 Å². The molecule has 0 aliphatic carbocycles. The van der Waals surface area contributed by atoms with Crippen LogP contribution in [0.3, 0.4) is 0 Å². The third-order valence-corrected chi connectivity index (χ3v) is 3.72. The van der Waals surface area contributed by atoms with E-state index < -0.39 is 0 Å². The molecule has 0 spiro atoms. The zero-order valence-corrected chi connectivity index (χ0v) is 11.2. The Labute approximate surface area is 108 Å². The van der Waals surface area contributed by atoms with Gasteiger partial charge in [0.1, 0.15) is 0 Å². The van der Waals surface area contributed by atoms with Crippen molar-refractivity contribution >= 4 is 39.1 Å². The number of nitrogens with one attached hydrogen (secondary N) is 2. The lowest BCUT2D eigenvalue weighted by atomic mass is 10.0. The average molecular weight is 304 g/mol. The van der Waals surface area contributed by atoms with Gasteiger partial charge >= 0.3 is 0 Å². The number of amides is 1. The van der Waals surface area contributed by atoms with Crippen LogP contribution in [0.2, 0.25) is 5.02 Å². The summed E-state index contributed by atoms with van der Waals surface area (Å²) in [6, 6.07) is 3.67. The third kappa shape index (κ3) is 2.39. The minimum Gasteiger partial charge on any atom is -0.325 e. The standard InChI is InChI=1S/C11H12BrClN2O/c1-6-2-8(12)10(3-9(6)13)15-11(16)7-4-14-5-7/h2-3,7,14H,4-5H2,1H3,(H,15,16). The van der Waals surface area contributed by atoms with Gasteiger partial charge in [0.2, 0.25) is 5.91 Å². The second-order valence-electron chi connectivity index (χ2n) is 3.93. The first-order chi connectivity index (χ1) is 7.58. The molecule has 1 aliphatic rings. The Morgan fingerprint density at radius 3 is 2.81 bits per heavy atom. The van der Waals surface area contributed by atoms with Gasteiger partial charge in [-0.25, -0.2) is 0 Å². The van der Waals surface area contributed by atoms with Crippen LogP contribution < -0.4 is 10.6 Å². The molecule has 0 aromatic heterocycles. The van der Waals surface area contributed by atoms with Crippen LogP contribution in [0.15, 0.2) is 16.6 Å². The average Bonchev–Trinajstić information content (AvgIpc) is 2.11. The van der Waals surface area contributed by atoms with Crippen LogP contribution in [0.4, 0.5) is 5.69 Å². The predicted octanol–water partition coefficient (Wildman–Crippen LogP) is 2.57. The van der Waals surface area contributed by atoms with Crippen LogP contribution in [-0.2, 0) is 4.79 Å². The van der Waals surface area contributed by atoms with Crippen LogP contribution in [-0.4, -0.2) is 19.0 Å². The molecule has 1 aromatic rings. The van der Waals surface area contributed by atoms with Gasteiger partial charge in [0.15, 0.2) is 0 Å². The fraction of sp³-hybridized carbons (Fsp3) is 0.364. The Balaban J connectivity index is 2.14. The van der Waals surface area contributed by atoms with Crippen LogP contribution in [0.1, 0.15) is 5.56 Å². The first kappa shape index (κ1) is 11.9. The molecule has 3 nitrogen and oxygen atoms in total. The fourth-order valence-electron chi connectivity index (χ4n) is 1.45. The first-order valence-electron chi connectivity index (χ1n) is 5.05. The zero-order chi connectivity index (χ0) is 11.7. The van der Waals surface area contributed by atoms with Crippen molar-refractivity contribution in [1.82, 2.24) is 5.32 Å². The highest BCUT2D eigenvalue weighted by molar-refractivity contribution is 9.10. The SMILES string of the molecule is Cc1cc(Br)c(NC(=O)C2CNC2)cc1Cl. The minimum absolute atomic E-state index is 0.0411. The summed E-state index contributed by atoms with van der Waals surface area (Å²) in [5.74, 6) is 0.117. The van der Waals surface area contributed by atoms with E-state index in [9.17, 15) is 4.79 Å². The molecule has 86 valence electrons. The number of anilines is 1. The maximum Gasteiger partial charge on any atom is 0.230 e. The number of carbonyl (C=O) groups excluding carboxylic acids is 1. The summed E-state index contributed by atoms with van der Waals surface area (Å²) in [6.07, 6.45) is 0. The molecule has 5 heteroatoms. The Morgan fingerprint density at radius 2 is 2.25 bits per heavy atom. The van der Waals surface area contributed by atoms with Crippen molar-refractivity contribution in [2.45, 2.75) is 6.92 Å². The maximum absolute atomic E-state index is 11.7. The van der Waals surface area contributed by atoms with E-state index >= 15 is 0 Å². The summed E-state index contributed by atoms with van der Waals surface area (Å²) in [6.45, 7) is 3.43. The van der Waals surface area contributed by atoms with Crippen molar-refractivity contribution in [3.8, 4) is 0 Å². The van der Waals surface area contributed by atoms with Gasteiger partial charge in [-0.1, -0.05) is 11.6 Å². The number of aryl methyl sites for hydroxylation is 1. The molecule has 1 saturated heterocycles. The van der Waals surface area contributed by atoms with Gasteiger partial charge < -0.3 is 10.6 Å². The maximum atomic E-state index is 11.7. The highest BCUT2D eigenvalue weighted by Crippen LogP contribution is 2.29. The van der Waals surface area contributed by atoms with E-state index in [-0.39, 0.29) is 11.8 Å². The Morgan fingerprint density at radius 1 is 1.56 bits per heavy atom. The summed E-state index contributed by atoms with van der Waals surface area (Å²) in [5, 5.41) is 6.59. The van der Waals surface area contributed by atoms with Gasteiger partial charge in [0, 0.05) is 22.6 Å². The summed E-state index contributed by atoms with van der Waals surface area (Å²) in [4.78, 5) is 11.7.